The highest BCUT2D eigenvalue weighted by Gasteiger charge is 2.42. The van der Waals surface area contributed by atoms with Crippen LogP contribution in [-0.4, -0.2) is 49.7 Å². The number of nitrogens with zero attached hydrogens (tertiary/aromatic N) is 1. The highest BCUT2D eigenvalue weighted by atomic mass is 19.1. The molecule has 1 aliphatic rings. The van der Waals surface area contributed by atoms with Crippen molar-refractivity contribution in [3.8, 4) is 11.5 Å². The molecule has 178 valence electrons. The van der Waals surface area contributed by atoms with E-state index in [2.05, 4.69) is 10.6 Å². The normalized spacial score (nSPS) is 18.1. The van der Waals surface area contributed by atoms with Crippen LogP contribution in [0.15, 0.2) is 42.5 Å². The monoisotopic (exact) mass is 457 g/mol. The minimum absolute atomic E-state index is 0.180. The Labute approximate surface area is 194 Å². The van der Waals surface area contributed by atoms with Crippen LogP contribution in [0.4, 0.5) is 9.18 Å². The highest BCUT2D eigenvalue weighted by Crippen LogP contribution is 2.42. The van der Waals surface area contributed by atoms with Crippen LogP contribution >= 0.6 is 0 Å². The third kappa shape index (κ3) is 5.94. The molecule has 1 fully saturated rings. The number of hydrogen-bond donors (Lipinski definition) is 2. The summed E-state index contributed by atoms with van der Waals surface area (Å²) in [5, 5.41) is 5.91. The van der Waals surface area contributed by atoms with Crippen molar-refractivity contribution in [2.24, 2.45) is 5.92 Å². The van der Waals surface area contributed by atoms with Gasteiger partial charge in [0.05, 0.1) is 20.1 Å². The molecule has 0 radical (unpaired) electrons. The first kappa shape index (κ1) is 24.4. The SMILES string of the molecule is COc1cccc(C2CN(C(=O)NC(C)(C)C)CC2C(=O)NCc2ccc(F)cc2)c1OC. The van der Waals surface area contributed by atoms with Crippen LogP contribution in [0.1, 0.15) is 37.8 Å². The van der Waals surface area contributed by atoms with E-state index < -0.39 is 11.5 Å². The van der Waals surface area contributed by atoms with E-state index in [0.29, 0.717) is 18.0 Å². The van der Waals surface area contributed by atoms with Crippen LogP contribution in [0.5, 0.6) is 11.5 Å². The van der Waals surface area contributed by atoms with Crippen molar-refractivity contribution >= 4 is 11.9 Å². The maximum absolute atomic E-state index is 13.3. The Kier molecular flexibility index (Phi) is 7.46. The molecule has 2 N–H and O–H groups in total. The maximum atomic E-state index is 13.3. The van der Waals surface area contributed by atoms with E-state index in [1.165, 1.54) is 12.1 Å². The lowest BCUT2D eigenvalue weighted by Gasteiger charge is -2.25. The van der Waals surface area contributed by atoms with E-state index in [4.69, 9.17) is 9.47 Å². The van der Waals surface area contributed by atoms with Gasteiger partial charge in [-0.2, -0.15) is 0 Å². The van der Waals surface area contributed by atoms with Crippen LogP contribution in [0.2, 0.25) is 0 Å². The van der Waals surface area contributed by atoms with E-state index in [1.54, 1.807) is 37.3 Å². The number of likely N-dealkylation sites (tertiary alicyclic amines) is 1. The van der Waals surface area contributed by atoms with E-state index in [0.717, 1.165) is 11.1 Å². The smallest absolute Gasteiger partial charge is 0.317 e. The fourth-order valence-electron chi connectivity index (χ4n) is 4.08. The summed E-state index contributed by atoms with van der Waals surface area (Å²) >= 11 is 0. The zero-order valence-electron chi connectivity index (χ0n) is 19.8. The number of hydrogen-bond acceptors (Lipinski definition) is 4. The molecule has 0 spiro atoms. The summed E-state index contributed by atoms with van der Waals surface area (Å²) in [5.41, 5.74) is 1.20. The summed E-state index contributed by atoms with van der Waals surface area (Å²) in [6.07, 6.45) is 0. The van der Waals surface area contributed by atoms with Crippen molar-refractivity contribution in [1.82, 2.24) is 15.5 Å². The first-order valence-electron chi connectivity index (χ1n) is 10.9. The average Bonchev–Trinajstić information content (AvgIpc) is 3.22. The number of carbonyl (C=O) groups is 2. The third-order valence-electron chi connectivity index (χ3n) is 5.64. The standard InChI is InChI=1S/C25H32FN3O4/c1-25(2,3)28-24(31)29-14-19(18-7-6-8-21(32-4)22(18)33-5)20(15-29)23(30)27-13-16-9-11-17(26)12-10-16/h6-12,19-20H,13-15H2,1-5H3,(H,27,30)(H,28,31). The largest absolute Gasteiger partial charge is 0.493 e. The molecule has 7 nitrogen and oxygen atoms in total. The van der Waals surface area contributed by atoms with Crippen molar-refractivity contribution < 1.29 is 23.5 Å². The summed E-state index contributed by atoms with van der Waals surface area (Å²) in [6.45, 7) is 6.64. The van der Waals surface area contributed by atoms with Gasteiger partial charge in [-0.15, -0.1) is 0 Å². The van der Waals surface area contributed by atoms with Crippen molar-refractivity contribution in [3.63, 3.8) is 0 Å². The minimum atomic E-state index is -0.489. The van der Waals surface area contributed by atoms with Gasteiger partial charge in [0.15, 0.2) is 11.5 Å². The number of para-hydroxylation sites is 1. The Balaban J connectivity index is 1.86. The molecule has 0 aromatic heterocycles. The fraction of sp³-hybridized carbons (Fsp3) is 0.440. The molecule has 1 aliphatic heterocycles. The van der Waals surface area contributed by atoms with Gasteiger partial charge in [-0.25, -0.2) is 9.18 Å². The molecule has 3 rings (SSSR count). The first-order chi connectivity index (χ1) is 15.6. The van der Waals surface area contributed by atoms with E-state index in [9.17, 15) is 14.0 Å². The summed E-state index contributed by atoms with van der Waals surface area (Å²) < 4.78 is 24.2. The number of benzene rings is 2. The second kappa shape index (κ2) is 10.1. The number of halogens is 1. The van der Waals surface area contributed by atoms with Gasteiger partial charge < -0.3 is 25.0 Å². The molecule has 33 heavy (non-hydrogen) atoms. The Morgan fingerprint density at radius 1 is 1.06 bits per heavy atom. The predicted molar refractivity (Wildman–Crippen MR) is 124 cm³/mol. The summed E-state index contributed by atoms with van der Waals surface area (Å²) in [4.78, 5) is 27.8. The quantitative estimate of drug-likeness (QED) is 0.694. The van der Waals surface area contributed by atoms with Crippen LogP contribution in [0.3, 0.4) is 0 Å². The summed E-state index contributed by atoms with van der Waals surface area (Å²) in [5.74, 6) is -0.157. The van der Waals surface area contributed by atoms with Gasteiger partial charge >= 0.3 is 6.03 Å². The Morgan fingerprint density at radius 3 is 2.36 bits per heavy atom. The molecule has 0 bridgehead atoms. The molecule has 2 atom stereocenters. The number of carbonyl (C=O) groups excluding carboxylic acids is 2. The second-order valence-corrected chi connectivity index (χ2v) is 9.23. The van der Waals surface area contributed by atoms with E-state index in [1.807, 2.05) is 32.9 Å². The molecule has 3 amide bonds. The van der Waals surface area contributed by atoms with Crippen LogP contribution in [0.25, 0.3) is 0 Å². The highest BCUT2D eigenvalue weighted by molar-refractivity contribution is 5.83. The molecular weight excluding hydrogens is 425 g/mol. The van der Waals surface area contributed by atoms with Gasteiger partial charge in [0.1, 0.15) is 5.82 Å². The molecule has 8 heteroatoms. The van der Waals surface area contributed by atoms with Crippen LogP contribution < -0.4 is 20.1 Å². The number of nitrogens with one attached hydrogen (secondary N) is 2. The maximum Gasteiger partial charge on any atom is 0.317 e. The van der Waals surface area contributed by atoms with Crippen LogP contribution in [0, 0.1) is 11.7 Å². The molecule has 2 aromatic rings. The number of methoxy groups -OCH3 is 2. The molecule has 1 heterocycles. The number of amides is 3. The van der Waals surface area contributed by atoms with Gasteiger partial charge in [-0.1, -0.05) is 24.3 Å². The fourth-order valence-corrected chi connectivity index (χ4v) is 4.08. The number of ether oxygens (including phenoxy) is 2. The lowest BCUT2D eigenvalue weighted by molar-refractivity contribution is -0.125. The molecule has 1 saturated heterocycles. The molecule has 2 unspecified atom stereocenters. The zero-order chi connectivity index (χ0) is 24.2. The van der Waals surface area contributed by atoms with Crippen molar-refractivity contribution in [2.75, 3.05) is 27.3 Å². The molecular formula is C25H32FN3O4. The Morgan fingerprint density at radius 2 is 1.76 bits per heavy atom. The van der Waals surface area contributed by atoms with Crippen molar-refractivity contribution in [2.45, 2.75) is 38.8 Å². The molecule has 2 aromatic carbocycles. The summed E-state index contributed by atoms with van der Waals surface area (Å²) in [6, 6.07) is 11.3. The van der Waals surface area contributed by atoms with E-state index in [-0.39, 0.29) is 36.8 Å². The lowest BCUT2D eigenvalue weighted by Crippen LogP contribution is -2.48. The van der Waals surface area contributed by atoms with Gasteiger partial charge in [0.25, 0.3) is 0 Å². The lowest BCUT2D eigenvalue weighted by atomic mass is 9.87. The second-order valence-electron chi connectivity index (χ2n) is 9.23. The van der Waals surface area contributed by atoms with Gasteiger partial charge in [0, 0.05) is 36.7 Å². The average molecular weight is 458 g/mol. The van der Waals surface area contributed by atoms with Gasteiger partial charge in [0.2, 0.25) is 5.91 Å². The van der Waals surface area contributed by atoms with Crippen LogP contribution in [-0.2, 0) is 11.3 Å². The Bertz CT molecular complexity index is 988. The summed E-state index contributed by atoms with van der Waals surface area (Å²) in [7, 11) is 3.12. The zero-order valence-corrected chi connectivity index (χ0v) is 19.8. The van der Waals surface area contributed by atoms with Crippen molar-refractivity contribution in [1.29, 1.82) is 0 Å². The van der Waals surface area contributed by atoms with Crippen molar-refractivity contribution in [3.05, 3.63) is 59.4 Å². The predicted octanol–water partition coefficient (Wildman–Crippen LogP) is 3.68. The third-order valence-corrected chi connectivity index (χ3v) is 5.64. The molecule has 0 aliphatic carbocycles. The number of urea groups is 1. The minimum Gasteiger partial charge on any atom is -0.493 e. The van der Waals surface area contributed by atoms with Gasteiger partial charge in [-0.3, -0.25) is 4.79 Å². The topological polar surface area (TPSA) is 79.9 Å². The molecule has 0 saturated carbocycles. The van der Waals surface area contributed by atoms with Gasteiger partial charge in [-0.05, 0) is 44.5 Å². The van der Waals surface area contributed by atoms with E-state index >= 15 is 0 Å². The number of rotatable bonds is 6. The first-order valence-corrected chi connectivity index (χ1v) is 10.9. The Hall–Kier alpha value is -3.29.